The van der Waals surface area contributed by atoms with Crippen LogP contribution in [-0.4, -0.2) is 78.6 Å². The summed E-state index contributed by atoms with van der Waals surface area (Å²) in [5, 5.41) is 0.738. The fourth-order valence-corrected chi connectivity index (χ4v) is 8.17. The molecule has 2 saturated heterocycles. The van der Waals surface area contributed by atoms with Crippen LogP contribution in [0.25, 0.3) is 0 Å². The number of hydrogen-bond donors (Lipinski definition) is 0. The van der Waals surface area contributed by atoms with Gasteiger partial charge < -0.3 is 14.5 Å². The number of ether oxygens (including phenoxy) is 1. The number of cyclic esters (lactones) is 1. The van der Waals surface area contributed by atoms with Crippen LogP contribution in [0.5, 0.6) is 0 Å². The third-order valence-electron chi connectivity index (χ3n) is 10.7. The highest BCUT2D eigenvalue weighted by Gasteiger charge is 2.50. The van der Waals surface area contributed by atoms with Gasteiger partial charge in [0.25, 0.3) is 0 Å². The summed E-state index contributed by atoms with van der Waals surface area (Å²) in [6, 6.07) is 8.64. The zero-order chi connectivity index (χ0) is 27.8. The van der Waals surface area contributed by atoms with Gasteiger partial charge in [0.15, 0.2) is 0 Å². The molecule has 2 saturated carbocycles. The maximum atomic E-state index is 14.2. The number of halogens is 1. The summed E-state index contributed by atoms with van der Waals surface area (Å²) in [6.07, 6.45) is 11.1. The molecule has 2 aliphatic carbocycles. The Labute approximate surface area is 240 Å². The first-order chi connectivity index (χ1) is 18.6. The Morgan fingerprint density at radius 3 is 2.28 bits per heavy atom. The molecule has 0 aromatic heterocycles. The minimum absolute atomic E-state index is 0.0112. The standard InChI is InChI=1S/C32H48ClN3O3/c1-31(2)22-39-30(38)36(31)21-32(24-8-6-5-7-9-24)16-18-35(19-17-32)29(37)27-15-14-26(34(3)4)20-28(27)23-10-12-25(33)13-11-23/h10-13,24,26-28H,5-9,14-22H2,1-4H3/t26-,27?,28?/m1/s1. The number of carbonyl (C=O) groups excluding carboxylic acids is 2. The summed E-state index contributed by atoms with van der Waals surface area (Å²) in [7, 11) is 4.30. The van der Waals surface area contributed by atoms with E-state index in [1.54, 1.807) is 0 Å². The van der Waals surface area contributed by atoms with Crippen molar-refractivity contribution in [3.63, 3.8) is 0 Å². The van der Waals surface area contributed by atoms with Crippen molar-refractivity contribution in [1.82, 2.24) is 14.7 Å². The van der Waals surface area contributed by atoms with Crippen LogP contribution < -0.4 is 0 Å². The molecule has 2 amide bonds. The summed E-state index contributed by atoms with van der Waals surface area (Å²) in [4.78, 5) is 33.4. The van der Waals surface area contributed by atoms with Gasteiger partial charge in [0.2, 0.25) is 5.91 Å². The Hall–Kier alpha value is -1.79. The molecule has 5 rings (SSSR count). The van der Waals surface area contributed by atoms with Crippen molar-refractivity contribution in [2.24, 2.45) is 17.3 Å². The lowest BCUT2D eigenvalue weighted by molar-refractivity contribution is -0.141. The molecular weight excluding hydrogens is 510 g/mol. The molecule has 4 fully saturated rings. The highest BCUT2D eigenvalue weighted by molar-refractivity contribution is 6.30. The molecule has 6 nitrogen and oxygen atoms in total. The number of piperidine rings is 1. The average Bonchev–Trinajstić information content (AvgIpc) is 3.20. The molecule has 0 radical (unpaired) electrons. The molecule has 216 valence electrons. The summed E-state index contributed by atoms with van der Waals surface area (Å²) in [5.74, 6) is 1.16. The van der Waals surface area contributed by atoms with Crippen LogP contribution in [0.15, 0.2) is 24.3 Å². The number of hydrogen-bond acceptors (Lipinski definition) is 4. The third kappa shape index (κ3) is 5.98. The van der Waals surface area contributed by atoms with Crippen molar-refractivity contribution in [1.29, 1.82) is 0 Å². The number of nitrogens with zero attached hydrogens (tertiary/aromatic N) is 3. The smallest absolute Gasteiger partial charge is 0.410 e. The molecule has 4 aliphatic rings. The topological polar surface area (TPSA) is 53.1 Å². The van der Waals surface area contributed by atoms with E-state index in [0.29, 0.717) is 24.5 Å². The third-order valence-corrected chi connectivity index (χ3v) is 10.9. The summed E-state index contributed by atoms with van der Waals surface area (Å²) in [6.45, 7) is 7.03. The molecule has 0 spiro atoms. The van der Waals surface area contributed by atoms with Gasteiger partial charge in [-0.3, -0.25) is 9.69 Å². The van der Waals surface area contributed by atoms with E-state index in [-0.39, 0.29) is 28.9 Å². The van der Waals surface area contributed by atoms with Crippen molar-refractivity contribution in [2.75, 3.05) is 40.3 Å². The molecule has 0 bridgehead atoms. The van der Waals surface area contributed by atoms with Crippen LogP contribution in [0, 0.1) is 17.3 Å². The molecule has 1 aromatic rings. The normalized spacial score (nSPS) is 29.5. The quantitative estimate of drug-likeness (QED) is 0.397. The van der Waals surface area contributed by atoms with Crippen LogP contribution in [0.2, 0.25) is 5.02 Å². The monoisotopic (exact) mass is 557 g/mol. The van der Waals surface area contributed by atoms with Crippen LogP contribution in [-0.2, 0) is 9.53 Å². The lowest BCUT2D eigenvalue weighted by atomic mass is 9.63. The van der Waals surface area contributed by atoms with Crippen LogP contribution in [0.4, 0.5) is 4.79 Å². The summed E-state index contributed by atoms with van der Waals surface area (Å²) < 4.78 is 5.49. The summed E-state index contributed by atoms with van der Waals surface area (Å²) >= 11 is 6.21. The fraction of sp³-hybridized carbons (Fsp3) is 0.750. The first-order valence-electron chi connectivity index (χ1n) is 15.2. The van der Waals surface area contributed by atoms with Crippen molar-refractivity contribution >= 4 is 23.6 Å². The summed E-state index contributed by atoms with van der Waals surface area (Å²) in [5.41, 5.74) is 1.02. The van der Waals surface area contributed by atoms with E-state index in [2.05, 4.69) is 49.9 Å². The maximum Gasteiger partial charge on any atom is 0.410 e. The van der Waals surface area contributed by atoms with Crippen LogP contribution in [0.3, 0.4) is 0 Å². The lowest BCUT2D eigenvalue weighted by Crippen LogP contribution is -2.56. The Morgan fingerprint density at radius 1 is 1.03 bits per heavy atom. The lowest BCUT2D eigenvalue weighted by Gasteiger charge is -2.51. The Morgan fingerprint density at radius 2 is 1.69 bits per heavy atom. The highest BCUT2D eigenvalue weighted by atomic mass is 35.5. The van der Waals surface area contributed by atoms with Gasteiger partial charge in [-0.15, -0.1) is 0 Å². The van der Waals surface area contributed by atoms with Gasteiger partial charge in [0.1, 0.15) is 6.61 Å². The van der Waals surface area contributed by atoms with Gasteiger partial charge in [0, 0.05) is 36.6 Å². The Balaban J connectivity index is 1.33. The van der Waals surface area contributed by atoms with E-state index in [9.17, 15) is 9.59 Å². The predicted octanol–water partition coefficient (Wildman–Crippen LogP) is 6.57. The van der Waals surface area contributed by atoms with Gasteiger partial charge in [-0.1, -0.05) is 43.0 Å². The van der Waals surface area contributed by atoms with Gasteiger partial charge in [-0.05, 0) is 108 Å². The molecule has 2 unspecified atom stereocenters. The molecule has 0 N–H and O–H groups in total. The van der Waals surface area contributed by atoms with Crippen LogP contribution >= 0.6 is 11.6 Å². The van der Waals surface area contributed by atoms with Gasteiger partial charge >= 0.3 is 6.09 Å². The second kappa shape index (κ2) is 11.6. The first kappa shape index (κ1) is 28.7. The number of benzene rings is 1. The van der Waals surface area contributed by atoms with Crippen molar-refractivity contribution in [3.05, 3.63) is 34.9 Å². The fourth-order valence-electron chi connectivity index (χ4n) is 8.04. The minimum Gasteiger partial charge on any atom is -0.447 e. The van der Waals surface area contributed by atoms with Gasteiger partial charge in [-0.2, -0.15) is 0 Å². The zero-order valence-electron chi connectivity index (χ0n) is 24.5. The molecular formula is C32H48ClN3O3. The van der Waals surface area contributed by atoms with E-state index in [0.717, 1.165) is 56.8 Å². The van der Waals surface area contributed by atoms with E-state index in [4.69, 9.17) is 16.3 Å². The molecule has 2 aliphatic heterocycles. The van der Waals surface area contributed by atoms with E-state index < -0.39 is 0 Å². The molecule has 39 heavy (non-hydrogen) atoms. The number of carbonyl (C=O) groups is 2. The second-order valence-corrected chi connectivity index (χ2v) is 14.1. The van der Waals surface area contributed by atoms with E-state index >= 15 is 0 Å². The molecule has 1 aromatic carbocycles. The number of rotatable bonds is 6. The number of amides is 2. The SMILES string of the molecule is CN(C)[C@@H]1CCC(C(=O)N2CCC(CN3C(=O)OCC3(C)C)(C3CCCCC3)CC2)C(c2ccc(Cl)cc2)C1. The largest absolute Gasteiger partial charge is 0.447 e. The average molecular weight is 558 g/mol. The Bertz CT molecular complexity index is 1010. The maximum absolute atomic E-state index is 14.2. The van der Waals surface area contributed by atoms with Gasteiger partial charge in [-0.25, -0.2) is 4.79 Å². The van der Waals surface area contributed by atoms with E-state index in [1.807, 2.05) is 17.0 Å². The minimum atomic E-state index is -0.275. The van der Waals surface area contributed by atoms with E-state index in [1.165, 1.54) is 37.7 Å². The zero-order valence-corrected chi connectivity index (χ0v) is 25.2. The van der Waals surface area contributed by atoms with Crippen molar-refractivity contribution in [2.45, 2.75) is 95.6 Å². The number of likely N-dealkylation sites (tertiary alicyclic amines) is 1. The van der Waals surface area contributed by atoms with Gasteiger partial charge in [0.05, 0.1) is 5.54 Å². The second-order valence-electron chi connectivity index (χ2n) is 13.7. The predicted molar refractivity (Wildman–Crippen MR) is 156 cm³/mol. The van der Waals surface area contributed by atoms with Crippen LogP contribution in [0.1, 0.15) is 89.5 Å². The molecule has 3 atom stereocenters. The molecule has 2 heterocycles. The molecule has 7 heteroatoms. The highest BCUT2D eigenvalue weighted by Crippen LogP contribution is 2.49. The first-order valence-corrected chi connectivity index (χ1v) is 15.6. The Kier molecular flexibility index (Phi) is 8.54. The van der Waals surface area contributed by atoms with Crippen molar-refractivity contribution in [3.8, 4) is 0 Å². The van der Waals surface area contributed by atoms with Crippen molar-refractivity contribution < 1.29 is 14.3 Å².